The Kier molecular flexibility index (Phi) is 4.09. The van der Waals surface area contributed by atoms with Crippen LogP contribution in [0.1, 0.15) is 37.7 Å². The maximum Gasteiger partial charge on any atom is 0.321 e. The lowest BCUT2D eigenvalue weighted by Crippen LogP contribution is -2.36. The molecular weight excluding hydrogens is 250 g/mol. The summed E-state index contributed by atoms with van der Waals surface area (Å²) in [5.74, 6) is 0. The Morgan fingerprint density at radius 3 is 2.70 bits per heavy atom. The first kappa shape index (κ1) is 13.3. The maximum atomic E-state index is 12.4. The number of hydrogen-bond donors (Lipinski definition) is 2. The summed E-state index contributed by atoms with van der Waals surface area (Å²) in [4.78, 5) is 14.4. The number of amides is 2. The molecule has 2 amide bonds. The fourth-order valence-corrected chi connectivity index (χ4v) is 3.10. The van der Waals surface area contributed by atoms with Gasteiger partial charge in [0, 0.05) is 31.0 Å². The molecule has 2 heterocycles. The molecule has 0 radical (unpaired) electrons. The Morgan fingerprint density at radius 2 is 1.90 bits per heavy atom. The minimum absolute atomic E-state index is 0.0610. The summed E-state index contributed by atoms with van der Waals surface area (Å²) in [6.45, 7) is 2.80. The Hall–Kier alpha value is -1.71. The zero-order chi connectivity index (χ0) is 13.8. The summed E-state index contributed by atoms with van der Waals surface area (Å²) in [7, 11) is 0. The molecule has 2 N–H and O–H groups in total. The van der Waals surface area contributed by atoms with Crippen LogP contribution in [0.25, 0.3) is 0 Å². The Bertz CT molecular complexity index is 479. The smallest absolute Gasteiger partial charge is 0.321 e. The molecule has 0 unspecified atom stereocenters. The van der Waals surface area contributed by atoms with E-state index in [1.54, 1.807) is 0 Å². The molecule has 1 saturated heterocycles. The van der Waals surface area contributed by atoms with Crippen LogP contribution >= 0.6 is 0 Å². The van der Waals surface area contributed by atoms with E-state index in [-0.39, 0.29) is 6.03 Å². The number of rotatable bonds is 1. The van der Waals surface area contributed by atoms with Crippen LogP contribution in [0.2, 0.25) is 0 Å². The average Bonchev–Trinajstić information content (AvgIpc) is 2.77. The number of anilines is 2. The molecule has 2 aliphatic rings. The highest BCUT2D eigenvalue weighted by Crippen LogP contribution is 2.29. The minimum atomic E-state index is 0.0610. The predicted octanol–water partition coefficient (Wildman–Crippen LogP) is 3.45. The lowest BCUT2D eigenvalue weighted by molar-refractivity contribution is 0.213. The van der Waals surface area contributed by atoms with Gasteiger partial charge in [-0.15, -0.1) is 0 Å². The van der Waals surface area contributed by atoms with E-state index in [4.69, 9.17) is 0 Å². The van der Waals surface area contributed by atoms with Crippen LogP contribution in [-0.4, -0.2) is 30.6 Å². The molecule has 2 aliphatic heterocycles. The molecule has 4 heteroatoms. The van der Waals surface area contributed by atoms with E-state index < -0.39 is 0 Å². The van der Waals surface area contributed by atoms with Gasteiger partial charge in [-0.25, -0.2) is 4.79 Å². The first-order chi connectivity index (χ1) is 9.84. The van der Waals surface area contributed by atoms with Gasteiger partial charge in [-0.3, -0.25) is 0 Å². The summed E-state index contributed by atoms with van der Waals surface area (Å²) in [5, 5.41) is 6.52. The van der Waals surface area contributed by atoms with Crippen LogP contribution in [0.4, 0.5) is 16.2 Å². The molecule has 0 aliphatic carbocycles. The van der Waals surface area contributed by atoms with Crippen molar-refractivity contribution in [1.82, 2.24) is 4.90 Å². The van der Waals surface area contributed by atoms with Gasteiger partial charge in [0.2, 0.25) is 0 Å². The average molecular weight is 273 g/mol. The zero-order valence-electron chi connectivity index (χ0n) is 12.0. The molecule has 0 atom stereocenters. The van der Waals surface area contributed by atoms with Gasteiger partial charge in [0.1, 0.15) is 0 Å². The second-order valence-electron chi connectivity index (χ2n) is 5.69. The number of carbonyl (C=O) groups is 1. The number of likely N-dealkylation sites (tertiary alicyclic amines) is 1. The number of nitrogens with one attached hydrogen (secondary N) is 2. The van der Waals surface area contributed by atoms with Gasteiger partial charge < -0.3 is 15.5 Å². The van der Waals surface area contributed by atoms with Crippen LogP contribution < -0.4 is 10.6 Å². The Labute approximate surface area is 120 Å². The van der Waals surface area contributed by atoms with E-state index >= 15 is 0 Å². The Balaban J connectivity index is 1.72. The normalized spacial score (nSPS) is 18.7. The van der Waals surface area contributed by atoms with Crippen LogP contribution in [0.15, 0.2) is 18.2 Å². The number of nitrogens with zero attached hydrogens (tertiary/aromatic N) is 1. The molecule has 1 aromatic rings. The number of urea groups is 1. The number of hydrogen-bond acceptors (Lipinski definition) is 2. The molecule has 4 nitrogen and oxygen atoms in total. The monoisotopic (exact) mass is 273 g/mol. The molecule has 0 bridgehead atoms. The molecule has 1 fully saturated rings. The van der Waals surface area contributed by atoms with Crippen molar-refractivity contribution in [3.63, 3.8) is 0 Å². The van der Waals surface area contributed by atoms with Gasteiger partial charge in [0.25, 0.3) is 0 Å². The molecular formula is C16H23N3O. The van der Waals surface area contributed by atoms with Crippen LogP contribution in [-0.2, 0) is 6.42 Å². The highest BCUT2D eigenvalue weighted by Gasteiger charge is 2.18. The number of carbonyl (C=O) groups excluding carboxylic acids is 1. The number of fused-ring (bicyclic) bond motifs is 1. The third kappa shape index (κ3) is 2.89. The Morgan fingerprint density at radius 1 is 1.10 bits per heavy atom. The van der Waals surface area contributed by atoms with Gasteiger partial charge in [-0.2, -0.15) is 0 Å². The molecule has 108 valence electrons. The van der Waals surface area contributed by atoms with E-state index in [1.165, 1.54) is 24.1 Å². The second-order valence-corrected chi connectivity index (χ2v) is 5.69. The van der Waals surface area contributed by atoms with Gasteiger partial charge in [-0.05, 0) is 43.4 Å². The van der Waals surface area contributed by atoms with Crippen molar-refractivity contribution >= 4 is 17.4 Å². The minimum Gasteiger partial charge on any atom is -0.385 e. The fraction of sp³-hybridized carbons (Fsp3) is 0.562. The lowest BCUT2D eigenvalue weighted by Gasteiger charge is -2.24. The van der Waals surface area contributed by atoms with E-state index in [9.17, 15) is 4.79 Å². The molecule has 3 rings (SSSR count). The van der Waals surface area contributed by atoms with E-state index in [2.05, 4.69) is 16.7 Å². The van der Waals surface area contributed by atoms with Crippen molar-refractivity contribution < 1.29 is 4.79 Å². The molecule has 0 spiro atoms. The van der Waals surface area contributed by atoms with Crippen molar-refractivity contribution in [2.45, 2.75) is 38.5 Å². The second kappa shape index (κ2) is 6.16. The summed E-state index contributed by atoms with van der Waals surface area (Å²) >= 11 is 0. The molecule has 0 aromatic heterocycles. The van der Waals surface area contributed by atoms with Crippen LogP contribution in [0.3, 0.4) is 0 Å². The van der Waals surface area contributed by atoms with Crippen molar-refractivity contribution in [3.8, 4) is 0 Å². The predicted molar refractivity (Wildman–Crippen MR) is 82.3 cm³/mol. The first-order valence-electron chi connectivity index (χ1n) is 7.76. The third-order valence-corrected chi connectivity index (χ3v) is 4.23. The van der Waals surface area contributed by atoms with Gasteiger partial charge in [0.15, 0.2) is 0 Å². The highest BCUT2D eigenvalue weighted by atomic mass is 16.2. The van der Waals surface area contributed by atoms with Crippen molar-refractivity contribution in [2.24, 2.45) is 0 Å². The zero-order valence-corrected chi connectivity index (χ0v) is 12.0. The van der Waals surface area contributed by atoms with Crippen molar-refractivity contribution in [3.05, 3.63) is 23.8 Å². The van der Waals surface area contributed by atoms with Crippen LogP contribution in [0, 0.1) is 0 Å². The number of benzene rings is 1. The molecule has 20 heavy (non-hydrogen) atoms. The highest BCUT2D eigenvalue weighted by molar-refractivity contribution is 5.91. The van der Waals surface area contributed by atoms with Crippen molar-refractivity contribution in [2.75, 3.05) is 30.3 Å². The summed E-state index contributed by atoms with van der Waals surface area (Å²) in [6, 6.07) is 6.18. The largest absolute Gasteiger partial charge is 0.385 e. The molecule has 0 saturated carbocycles. The maximum absolute atomic E-state index is 12.4. The topological polar surface area (TPSA) is 44.4 Å². The summed E-state index contributed by atoms with van der Waals surface area (Å²) in [5.41, 5.74) is 3.40. The lowest BCUT2D eigenvalue weighted by atomic mass is 10.0. The SMILES string of the molecule is O=C(Nc1cccc2c1CCCN2)N1CCCCCC1. The van der Waals surface area contributed by atoms with E-state index in [0.29, 0.717) is 0 Å². The quantitative estimate of drug-likeness (QED) is 0.823. The van der Waals surface area contributed by atoms with E-state index in [0.717, 1.165) is 51.0 Å². The van der Waals surface area contributed by atoms with Crippen LogP contribution in [0.5, 0.6) is 0 Å². The van der Waals surface area contributed by atoms with E-state index in [1.807, 2.05) is 17.0 Å². The first-order valence-corrected chi connectivity index (χ1v) is 7.76. The van der Waals surface area contributed by atoms with Gasteiger partial charge >= 0.3 is 6.03 Å². The standard InChI is InChI=1S/C16H23N3O/c20-16(19-11-3-1-2-4-12-19)18-15-9-5-8-14-13(15)7-6-10-17-14/h5,8-9,17H,1-4,6-7,10-12H2,(H,18,20). The molecule has 1 aromatic carbocycles. The van der Waals surface area contributed by atoms with Crippen molar-refractivity contribution in [1.29, 1.82) is 0 Å². The van der Waals surface area contributed by atoms with Gasteiger partial charge in [-0.1, -0.05) is 18.9 Å². The van der Waals surface area contributed by atoms with Gasteiger partial charge in [0.05, 0.1) is 0 Å². The fourth-order valence-electron chi connectivity index (χ4n) is 3.10. The summed E-state index contributed by atoms with van der Waals surface area (Å²) < 4.78 is 0. The summed E-state index contributed by atoms with van der Waals surface area (Å²) in [6.07, 6.45) is 6.91. The third-order valence-electron chi connectivity index (χ3n) is 4.23.